The Morgan fingerprint density at radius 2 is 2.24 bits per heavy atom. The van der Waals surface area contributed by atoms with E-state index in [1.54, 1.807) is 18.3 Å². The van der Waals surface area contributed by atoms with E-state index in [1.165, 1.54) is 4.88 Å². The Hall–Kier alpha value is -1.40. The lowest BCUT2D eigenvalue weighted by atomic mass is 10.3. The van der Waals surface area contributed by atoms with Crippen LogP contribution in [0.1, 0.15) is 24.6 Å². The molecule has 1 fully saturated rings. The summed E-state index contributed by atoms with van der Waals surface area (Å²) in [7, 11) is 0. The van der Waals surface area contributed by atoms with E-state index in [1.807, 2.05) is 16.3 Å². The lowest BCUT2D eigenvalue weighted by Gasteiger charge is -2.20. The van der Waals surface area contributed by atoms with Crippen LogP contribution in [0.5, 0.6) is 0 Å². The van der Waals surface area contributed by atoms with Gasteiger partial charge in [0.2, 0.25) is 5.91 Å². The molecule has 0 bridgehead atoms. The van der Waals surface area contributed by atoms with Gasteiger partial charge in [0, 0.05) is 17.5 Å². The summed E-state index contributed by atoms with van der Waals surface area (Å²) < 4.78 is 4.95. The van der Waals surface area contributed by atoms with Gasteiger partial charge in [-0.3, -0.25) is 14.5 Å². The summed E-state index contributed by atoms with van der Waals surface area (Å²) in [6.45, 7) is 3.28. The van der Waals surface area contributed by atoms with Gasteiger partial charge in [-0.15, -0.1) is 11.3 Å². The minimum atomic E-state index is -0.254. The SMILES string of the molecule is CCOC(=O)CN(CC(=O)NCCc1cccs1)C1CC1. The molecule has 6 heteroatoms. The van der Waals surface area contributed by atoms with Crippen molar-refractivity contribution in [1.29, 1.82) is 0 Å². The van der Waals surface area contributed by atoms with Gasteiger partial charge < -0.3 is 10.1 Å². The van der Waals surface area contributed by atoms with Gasteiger partial charge in [-0.25, -0.2) is 0 Å². The van der Waals surface area contributed by atoms with Crippen molar-refractivity contribution in [2.45, 2.75) is 32.2 Å². The summed E-state index contributed by atoms with van der Waals surface area (Å²) in [5, 5.41) is 4.95. The first-order chi connectivity index (χ1) is 10.2. The molecule has 0 aromatic carbocycles. The van der Waals surface area contributed by atoms with Crippen molar-refractivity contribution in [3.05, 3.63) is 22.4 Å². The maximum absolute atomic E-state index is 12.0. The van der Waals surface area contributed by atoms with Gasteiger partial charge >= 0.3 is 5.97 Å². The van der Waals surface area contributed by atoms with Crippen LogP contribution >= 0.6 is 11.3 Å². The Morgan fingerprint density at radius 1 is 1.43 bits per heavy atom. The topological polar surface area (TPSA) is 58.6 Å². The fourth-order valence-electron chi connectivity index (χ4n) is 2.15. The Bertz CT molecular complexity index is 457. The zero-order chi connectivity index (χ0) is 15.1. The molecule has 0 atom stereocenters. The number of nitrogens with one attached hydrogen (secondary N) is 1. The molecule has 0 radical (unpaired) electrons. The first-order valence-electron chi connectivity index (χ1n) is 7.37. The second-order valence-electron chi connectivity index (χ2n) is 5.12. The quantitative estimate of drug-likeness (QED) is 0.701. The van der Waals surface area contributed by atoms with Gasteiger partial charge in [0.25, 0.3) is 0 Å². The lowest BCUT2D eigenvalue weighted by molar-refractivity contribution is -0.144. The zero-order valence-electron chi connectivity index (χ0n) is 12.3. The molecule has 1 N–H and O–H groups in total. The summed E-state index contributed by atoms with van der Waals surface area (Å²) in [6, 6.07) is 4.43. The number of carbonyl (C=O) groups is 2. The van der Waals surface area contributed by atoms with Crippen LogP contribution in [0.2, 0.25) is 0 Å². The van der Waals surface area contributed by atoms with E-state index in [2.05, 4.69) is 11.4 Å². The van der Waals surface area contributed by atoms with E-state index in [-0.39, 0.29) is 25.0 Å². The van der Waals surface area contributed by atoms with Gasteiger partial charge in [-0.1, -0.05) is 6.07 Å². The molecule has 1 heterocycles. The summed E-state index contributed by atoms with van der Waals surface area (Å²) in [5.41, 5.74) is 0. The van der Waals surface area contributed by atoms with Crippen LogP contribution in [0.3, 0.4) is 0 Å². The number of rotatable bonds is 9. The number of ether oxygens (including phenoxy) is 1. The summed E-state index contributed by atoms with van der Waals surface area (Å²) in [4.78, 5) is 26.7. The van der Waals surface area contributed by atoms with Crippen LogP contribution in [0.4, 0.5) is 0 Å². The van der Waals surface area contributed by atoms with Crippen molar-refractivity contribution in [3.63, 3.8) is 0 Å². The van der Waals surface area contributed by atoms with Crippen LogP contribution < -0.4 is 5.32 Å². The van der Waals surface area contributed by atoms with Crippen molar-refractivity contribution in [2.75, 3.05) is 26.2 Å². The lowest BCUT2D eigenvalue weighted by Crippen LogP contribution is -2.41. The largest absolute Gasteiger partial charge is 0.465 e. The number of hydrogen-bond acceptors (Lipinski definition) is 5. The predicted octanol–water partition coefficient (Wildman–Crippen LogP) is 1.43. The van der Waals surface area contributed by atoms with Crippen LogP contribution in [0.25, 0.3) is 0 Å². The first-order valence-corrected chi connectivity index (χ1v) is 8.25. The number of esters is 1. The van der Waals surface area contributed by atoms with Gasteiger partial charge in [-0.05, 0) is 37.6 Å². The highest BCUT2D eigenvalue weighted by atomic mass is 32.1. The van der Waals surface area contributed by atoms with E-state index < -0.39 is 0 Å². The van der Waals surface area contributed by atoms with Crippen LogP contribution in [-0.4, -0.2) is 49.1 Å². The monoisotopic (exact) mass is 310 g/mol. The molecule has 1 aliphatic rings. The molecule has 1 aliphatic carbocycles. The van der Waals surface area contributed by atoms with E-state index in [4.69, 9.17) is 4.74 Å². The van der Waals surface area contributed by atoms with E-state index in [9.17, 15) is 9.59 Å². The Balaban J connectivity index is 1.69. The van der Waals surface area contributed by atoms with Crippen molar-refractivity contribution in [3.8, 4) is 0 Å². The normalized spacial score (nSPS) is 14.2. The van der Waals surface area contributed by atoms with Crippen molar-refractivity contribution >= 4 is 23.2 Å². The van der Waals surface area contributed by atoms with Crippen molar-refractivity contribution < 1.29 is 14.3 Å². The molecule has 1 aromatic rings. The maximum Gasteiger partial charge on any atom is 0.320 e. The van der Waals surface area contributed by atoms with Gasteiger partial charge in [0.05, 0.1) is 19.7 Å². The highest BCUT2D eigenvalue weighted by Crippen LogP contribution is 2.26. The average molecular weight is 310 g/mol. The molecule has 1 aromatic heterocycles. The van der Waals surface area contributed by atoms with E-state index >= 15 is 0 Å². The number of hydrogen-bond donors (Lipinski definition) is 1. The number of amides is 1. The summed E-state index contributed by atoms with van der Waals surface area (Å²) >= 11 is 1.69. The van der Waals surface area contributed by atoms with Crippen LogP contribution in [0.15, 0.2) is 17.5 Å². The van der Waals surface area contributed by atoms with Crippen molar-refractivity contribution in [2.24, 2.45) is 0 Å². The van der Waals surface area contributed by atoms with Gasteiger partial charge in [0.1, 0.15) is 0 Å². The van der Waals surface area contributed by atoms with Gasteiger partial charge in [0.15, 0.2) is 0 Å². The smallest absolute Gasteiger partial charge is 0.320 e. The molecule has 1 amide bonds. The second-order valence-corrected chi connectivity index (χ2v) is 6.15. The minimum absolute atomic E-state index is 0.0252. The zero-order valence-corrected chi connectivity index (χ0v) is 13.2. The molecule has 0 saturated heterocycles. The number of carbonyl (C=O) groups excluding carboxylic acids is 2. The first kappa shape index (κ1) is 16.0. The fraction of sp³-hybridized carbons (Fsp3) is 0.600. The second kappa shape index (κ2) is 8.14. The standard InChI is InChI=1S/C15H22N2O3S/c1-2-20-15(19)11-17(12-5-6-12)10-14(18)16-8-7-13-4-3-9-21-13/h3-4,9,12H,2,5-8,10-11H2,1H3,(H,16,18). The van der Waals surface area contributed by atoms with Gasteiger partial charge in [-0.2, -0.15) is 0 Å². The predicted molar refractivity (Wildman–Crippen MR) is 82.3 cm³/mol. The fourth-order valence-corrected chi connectivity index (χ4v) is 2.86. The Labute approximate surface area is 129 Å². The molecule has 2 rings (SSSR count). The molecule has 1 saturated carbocycles. The Morgan fingerprint density at radius 3 is 2.86 bits per heavy atom. The summed E-state index contributed by atoms with van der Waals surface area (Å²) in [5.74, 6) is -0.279. The van der Waals surface area contributed by atoms with E-state index in [0.29, 0.717) is 19.2 Å². The van der Waals surface area contributed by atoms with Crippen LogP contribution in [0, 0.1) is 0 Å². The minimum Gasteiger partial charge on any atom is -0.465 e. The van der Waals surface area contributed by atoms with Crippen molar-refractivity contribution in [1.82, 2.24) is 10.2 Å². The molecule has 5 nitrogen and oxygen atoms in total. The molecule has 21 heavy (non-hydrogen) atoms. The molecular formula is C15H22N2O3S. The number of thiophene rings is 1. The average Bonchev–Trinajstić information content (AvgIpc) is 3.16. The molecule has 0 spiro atoms. The third kappa shape index (κ3) is 5.85. The Kier molecular flexibility index (Phi) is 6.20. The van der Waals surface area contributed by atoms with E-state index in [0.717, 1.165) is 19.3 Å². The number of nitrogens with zero attached hydrogens (tertiary/aromatic N) is 1. The highest BCUT2D eigenvalue weighted by Gasteiger charge is 2.31. The molecule has 0 unspecified atom stereocenters. The molecule has 0 aliphatic heterocycles. The maximum atomic E-state index is 12.0. The molecule has 116 valence electrons. The highest BCUT2D eigenvalue weighted by molar-refractivity contribution is 7.09. The third-order valence-electron chi connectivity index (χ3n) is 3.32. The van der Waals surface area contributed by atoms with Crippen LogP contribution in [-0.2, 0) is 20.7 Å². The molecular weight excluding hydrogens is 288 g/mol. The summed E-state index contributed by atoms with van der Waals surface area (Å²) in [6.07, 6.45) is 2.97. The third-order valence-corrected chi connectivity index (χ3v) is 4.26.